The van der Waals surface area contributed by atoms with Crippen molar-refractivity contribution in [1.29, 1.82) is 0 Å². The van der Waals surface area contributed by atoms with Crippen molar-refractivity contribution >= 4 is 19.8 Å². The Balaban J connectivity index is 4.62. The van der Waals surface area contributed by atoms with Crippen molar-refractivity contribution in [3.05, 3.63) is 85.1 Å². The number of quaternary nitrogens is 1. The number of unbranched alkanes of at least 4 members (excludes halogenated alkanes) is 9. The summed E-state index contributed by atoms with van der Waals surface area (Å²) in [5.74, 6) is -0.938. The number of carbonyl (C=O) groups excluding carboxylic acids is 2. The molecule has 296 valence electrons. The van der Waals surface area contributed by atoms with Crippen molar-refractivity contribution in [2.24, 2.45) is 0 Å². The largest absolute Gasteiger partial charge is 0.472 e. The van der Waals surface area contributed by atoms with Crippen LogP contribution in [-0.2, 0) is 32.7 Å². The zero-order chi connectivity index (χ0) is 38.6. The lowest BCUT2D eigenvalue weighted by Gasteiger charge is -2.24. The molecule has 0 bridgehead atoms. The molecule has 0 aliphatic carbocycles. The van der Waals surface area contributed by atoms with E-state index in [9.17, 15) is 19.0 Å². The van der Waals surface area contributed by atoms with Gasteiger partial charge in [0.05, 0.1) is 27.7 Å². The lowest BCUT2D eigenvalue weighted by Crippen LogP contribution is -2.37. The van der Waals surface area contributed by atoms with Gasteiger partial charge in [-0.15, -0.1) is 0 Å². The highest BCUT2D eigenvalue weighted by Crippen LogP contribution is 2.43. The van der Waals surface area contributed by atoms with E-state index < -0.39 is 32.5 Å². The Hall–Kier alpha value is -2.81. The van der Waals surface area contributed by atoms with Gasteiger partial charge in [-0.3, -0.25) is 18.6 Å². The van der Waals surface area contributed by atoms with Gasteiger partial charge in [-0.1, -0.05) is 137 Å². The molecule has 0 rings (SSSR count). The predicted molar refractivity (Wildman–Crippen MR) is 215 cm³/mol. The predicted octanol–water partition coefficient (Wildman–Crippen LogP) is 10.5. The van der Waals surface area contributed by atoms with Gasteiger partial charge < -0.3 is 18.9 Å². The first-order valence-electron chi connectivity index (χ1n) is 19.4. The Kier molecular flexibility index (Phi) is 32.2. The molecule has 0 heterocycles. The molecular weight excluding hydrogens is 677 g/mol. The minimum Gasteiger partial charge on any atom is -0.462 e. The molecule has 0 amide bonds. The molecule has 0 aliphatic heterocycles. The standard InChI is InChI=1S/C42H70NO8P/c1-6-8-10-12-14-16-18-20-21-23-24-26-28-30-32-34-41(44)48-38-40(39-50-52(46,47)49-37-36-43(3,4)5)51-42(45)35-33-31-29-27-25-22-19-17-15-13-11-9-7-2/h8,10,12,14,16,18,20-25,29,31,40H,6-7,9,11,13,15,17,19,26-28,30,32-39H2,1-5H3/p+1/b10-8+,14-12+,18-16+,21-20+,24-23+,25-22+,31-29+. The Morgan fingerprint density at radius 1 is 0.635 bits per heavy atom. The quantitative estimate of drug-likeness (QED) is 0.0176. The molecule has 0 aromatic rings. The normalized spacial score (nSPS) is 14.7. The molecule has 9 nitrogen and oxygen atoms in total. The van der Waals surface area contributed by atoms with Crippen LogP contribution >= 0.6 is 7.82 Å². The summed E-state index contributed by atoms with van der Waals surface area (Å²) in [5.41, 5.74) is 0. The van der Waals surface area contributed by atoms with Crippen molar-refractivity contribution in [1.82, 2.24) is 0 Å². The van der Waals surface area contributed by atoms with E-state index in [1.807, 2.05) is 81.9 Å². The average Bonchev–Trinajstić information content (AvgIpc) is 3.09. The van der Waals surface area contributed by atoms with E-state index in [1.165, 1.54) is 38.5 Å². The molecule has 0 saturated carbocycles. The lowest BCUT2D eigenvalue weighted by atomic mass is 10.1. The molecule has 10 heteroatoms. The summed E-state index contributed by atoms with van der Waals surface area (Å²) >= 11 is 0. The summed E-state index contributed by atoms with van der Waals surface area (Å²) in [5, 5.41) is 0. The minimum absolute atomic E-state index is 0.0103. The fourth-order valence-corrected chi connectivity index (χ4v) is 5.24. The maximum Gasteiger partial charge on any atom is 0.472 e. The number of allylic oxidation sites excluding steroid dienone is 14. The number of carbonyl (C=O) groups is 2. The third-order valence-corrected chi connectivity index (χ3v) is 8.53. The summed E-state index contributed by atoms with van der Waals surface area (Å²) in [6, 6.07) is 0. The van der Waals surface area contributed by atoms with Crippen LogP contribution in [0, 0.1) is 0 Å². The molecule has 0 radical (unpaired) electrons. The van der Waals surface area contributed by atoms with Crippen molar-refractivity contribution < 1.29 is 42.1 Å². The number of nitrogens with zero attached hydrogens (tertiary/aromatic N) is 1. The van der Waals surface area contributed by atoms with Gasteiger partial charge in [-0.2, -0.15) is 0 Å². The first kappa shape index (κ1) is 49.2. The molecule has 0 saturated heterocycles. The van der Waals surface area contributed by atoms with Gasteiger partial charge in [0.2, 0.25) is 0 Å². The van der Waals surface area contributed by atoms with Crippen LogP contribution < -0.4 is 0 Å². The molecule has 0 aromatic carbocycles. The van der Waals surface area contributed by atoms with E-state index in [1.54, 1.807) is 0 Å². The lowest BCUT2D eigenvalue weighted by molar-refractivity contribution is -0.870. The Morgan fingerprint density at radius 2 is 1.21 bits per heavy atom. The SMILES string of the molecule is CC/C=C/C=C/C=C/C=C/C=C/CCCCCC(=O)OCC(COP(=O)(O)OCC[N+](C)(C)C)OC(=O)CC/C=C/C/C=C/CCCCCCCC. The van der Waals surface area contributed by atoms with Crippen molar-refractivity contribution in [3.63, 3.8) is 0 Å². The number of phosphoric ester groups is 1. The zero-order valence-electron chi connectivity index (χ0n) is 33.0. The van der Waals surface area contributed by atoms with Gasteiger partial charge in [0, 0.05) is 12.8 Å². The van der Waals surface area contributed by atoms with Crippen molar-refractivity contribution in [3.8, 4) is 0 Å². The Bertz CT molecular complexity index is 1160. The second-order valence-corrected chi connectivity index (χ2v) is 15.2. The van der Waals surface area contributed by atoms with Gasteiger partial charge in [0.1, 0.15) is 19.8 Å². The number of hydrogen-bond acceptors (Lipinski definition) is 7. The van der Waals surface area contributed by atoms with Crippen LogP contribution in [0.25, 0.3) is 0 Å². The van der Waals surface area contributed by atoms with E-state index in [0.717, 1.165) is 38.5 Å². The number of hydrogen-bond donors (Lipinski definition) is 1. The summed E-state index contributed by atoms with van der Waals surface area (Å²) < 4.78 is 34.0. The van der Waals surface area contributed by atoms with Crippen LogP contribution in [0.4, 0.5) is 0 Å². The maximum absolute atomic E-state index is 12.6. The molecule has 2 unspecified atom stereocenters. The first-order valence-corrected chi connectivity index (χ1v) is 20.9. The van der Waals surface area contributed by atoms with Gasteiger partial charge in [0.25, 0.3) is 0 Å². The van der Waals surface area contributed by atoms with Crippen LogP contribution in [0.3, 0.4) is 0 Å². The minimum atomic E-state index is -4.40. The highest BCUT2D eigenvalue weighted by atomic mass is 31.2. The molecular formula is C42H71NO8P+. The van der Waals surface area contributed by atoms with Gasteiger partial charge in [-0.25, -0.2) is 4.57 Å². The fourth-order valence-electron chi connectivity index (χ4n) is 4.50. The summed E-state index contributed by atoms with van der Waals surface area (Å²) in [4.78, 5) is 35.1. The number of rotatable bonds is 33. The Labute approximate surface area is 316 Å². The van der Waals surface area contributed by atoms with E-state index >= 15 is 0 Å². The summed E-state index contributed by atoms with van der Waals surface area (Å²) in [6.07, 6.45) is 42.2. The second kappa shape index (κ2) is 34.0. The van der Waals surface area contributed by atoms with Gasteiger partial charge in [-0.05, 0) is 51.4 Å². The number of likely N-dealkylation sites (N-methyl/N-ethyl adjacent to an activating group) is 1. The van der Waals surface area contributed by atoms with E-state index in [2.05, 4.69) is 38.2 Å². The highest BCUT2D eigenvalue weighted by Gasteiger charge is 2.27. The number of esters is 2. The van der Waals surface area contributed by atoms with Crippen molar-refractivity contribution in [2.45, 2.75) is 123 Å². The third kappa shape index (κ3) is 37.0. The second-order valence-electron chi connectivity index (χ2n) is 13.7. The topological polar surface area (TPSA) is 108 Å². The van der Waals surface area contributed by atoms with Crippen molar-refractivity contribution in [2.75, 3.05) is 47.5 Å². The molecule has 52 heavy (non-hydrogen) atoms. The van der Waals surface area contributed by atoms with Crippen LogP contribution in [0.2, 0.25) is 0 Å². The molecule has 1 N–H and O–H groups in total. The van der Waals surface area contributed by atoms with Crippen LogP contribution in [0.5, 0.6) is 0 Å². The van der Waals surface area contributed by atoms with Gasteiger partial charge >= 0.3 is 19.8 Å². The molecule has 0 aromatic heterocycles. The maximum atomic E-state index is 12.6. The molecule has 2 atom stereocenters. The summed E-state index contributed by atoms with van der Waals surface area (Å²) in [7, 11) is 1.40. The highest BCUT2D eigenvalue weighted by molar-refractivity contribution is 7.47. The first-order chi connectivity index (χ1) is 25.0. The zero-order valence-corrected chi connectivity index (χ0v) is 33.9. The third-order valence-electron chi connectivity index (χ3n) is 7.55. The average molecular weight is 749 g/mol. The van der Waals surface area contributed by atoms with E-state index in [0.29, 0.717) is 23.9 Å². The van der Waals surface area contributed by atoms with Crippen LogP contribution in [0.1, 0.15) is 117 Å². The molecule has 0 aliphatic rings. The van der Waals surface area contributed by atoms with Gasteiger partial charge in [0.15, 0.2) is 6.10 Å². The van der Waals surface area contributed by atoms with E-state index in [4.69, 9.17) is 18.5 Å². The van der Waals surface area contributed by atoms with Crippen LogP contribution in [0.15, 0.2) is 85.1 Å². The number of ether oxygens (including phenoxy) is 2. The van der Waals surface area contributed by atoms with Crippen LogP contribution in [-0.4, -0.2) is 74.9 Å². The Morgan fingerprint density at radius 3 is 1.87 bits per heavy atom. The monoisotopic (exact) mass is 748 g/mol. The van der Waals surface area contributed by atoms with E-state index in [-0.39, 0.29) is 26.1 Å². The number of phosphoric acid groups is 1. The smallest absolute Gasteiger partial charge is 0.462 e. The summed E-state index contributed by atoms with van der Waals surface area (Å²) in [6.45, 7) is 4.11. The molecule has 0 fully saturated rings. The fraction of sp³-hybridized carbons (Fsp3) is 0.619. The molecule has 0 spiro atoms.